The van der Waals surface area contributed by atoms with Crippen LogP contribution in [0.4, 0.5) is 0 Å². The Morgan fingerprint density at radius 3 is 0.633 bits per heavy atom. The van der Waals surface area contributed by atoms with Crippen LogP contribution in [0.1, 0.15) is 110 Å². The zero-order valence-electron chi connectivity index (χ0n) is 31.6. The molecule has 0 N–H and O–H groups in total. The molecule has 0 aliphatic heterocycles. The average molecular weight is 821 g/mol. The predicted molar refractivity (Wildman–Crippen MR) is 207 cm³/mol. The highest BCUT2D eigenvalue weighted by molar-refractivity contribution is 14.1. The highest BCUT2D eigenvalue weighted by atomic mass is 127. The van der Waals surface area contributed by atoms with Crippen LogP contribution in [0.5, 0.6) is 0 Å². The Morgan fingerprint density at radius 2 is 0.408 bits per heavy atom. The largest absolute Gasteiger partial charge is 0.379 e. The molecule has 0 saturated heterocycles. The first-order chi connectivity index (χ1) is 24.4. The fraction of sp³-hybridized carbons (Fsp3) is 1.00. The summed E-state index contributed by atoms with van der Waals surface area (Å²) in [4.78, 5) is 0. The molecule has 0 aliphatic rings. The molecule has 0 fully saturated rings. The molecular weight excluding hydrogens is 743 g/mol. The summed E-state index contributed by atoms with van der Waals surface area (Å²) in [7, 11) is 0. The minimum atomic E-state index is 0.534. The Hall–Kier alpha value is 0.330. The van der Waals surface area contributed by atoms with E-state index in [1.165, 1.54) is 96.3 Å². The Morgan fingerprint density at radius 1 is 0.224 bits per heavy atom. The summed E-state index contributed by atoms with van der Waals surface area (Å²) in [6.07, 6.45) is 22.2. The van der Waals surface area contributed by atoms with E-state index in [4.69, 9.17) is 47.4 Å². The summed E-state index contributed by atoms with van der Waals surface area (Å²) in [5.74, 6) is 0. The van der Waals surface area contributed by atoms with Gasteiger partial charge in [0, 0.05) is 11.0 Å². The molecule has 0 aromatic heterocycles. The van der Waals surface area contributed by atoms with Gasteiger partial charge in [-0.2, -0.15) is 0 Å². The van der Waals surface area contributed by atoms with Crippen molar-refractivity contribution in [1.29, 1.82) is 0 Å². The monoisotopic (exact) mass is 820 g/mol. The zero-order valence-corrected chi connectivity index (χ0v) is 33.8. The molecule has 0 heterocycles. The van der Waals surface area contributed by atoms with Gasteiger partial charge in [-0.15, -0.1) is 0 Å². The molecule has 0 spiro atoms. The molecule has 0 aromatic carbocycles. The van der Waals surface area contributed by atoms with Crippen molar-refractivity contribution in [3.8, 4) is 0 Å². The standard InChI is InChI=1S/C38H77IO10/c1-2-3-4-5-6-7-8-9-10-11-12-13-14-15-16-17-19-40-21-23-42-25-27-44-29-31-46-33-35-48-37-38-49-36-34-47-32-30-45-28-26-43-24-22-41-20-18-39/h2-38H2,1H3. The highest BCUT2D eigenvalue weighted by Crippen LogP contribution is 2.13. The molecule has 0 aliphatic carbocycles. The van der Waals surface area contributed by atoms with Crippen molar-refractivity contribution < 1.29 is 47.4 Å². The number of hydrogen-bond donors (Lipinski definition) is 0. The molecule has 0 aromatic rings. The van der Waals surface area contributed by atoms with E-state index in [9.17, 15) is 0 Å². The topological polar surface area (TPSA) is 92.3 Å². The van der Waals surface area contributed by atoms with Crippen LogP contribution >= 0.6 is 22.6 Å². The van der Waals surface area contributed by atoms with Gasteiger partial charge in [-0.1, -0.05) is 126 Å². The number of rotatable bonds is 46. The maximum atomic E-state index is 5.69. The quantitative estimate of drug-likeness (QED) is 0.0344. The van der Waals surface area contributed by atoms with Gasteiger partial charge in [-0.05, 0) is 6.42 Å². The van der Waals surface area contributed by atoms with Crippen molar-refractivity contribution in [2.24, 2.45) is 0 Å². The van der Waals surface area contributed by atoms with Crippen LogP contribution in [0.3, 0.4) is 0 Å². The smallest absolute Gasteiger partial charge is 0.0701 e. The Balaban J connectivity index is 3.04. The van der Waals surface area contributed by atoms with E-state index < -0.39 is 0 Å². The fourth-order valence-corrected chi connectivity index (χ4v) is 5.20. The van der Waals surface area contributed by atoms with Gasteiger partial charge in [0.25, 0.3) is 0 Å². The summed E-state index contributed by atoms with van der Waals surface area (Å²) in [6.45, 7) is 14.1. The van der Waals surface area contributed by atoms with Crippen molar-refractivity contribution in [3.05, 3.63) is 0 Å². The lowest BCUT2D eigenvalue weighted by atomic mass is 10.0. The lowest BCUT2D eigenvalue weighted by Crippen LogP contribution is -2.15. The van der Waals surface area contributed by atoms with Crippen molar-refractivity contribution in [2.45, 2.75) is 110 Å². The number of alkyl halides is 1. The normalized spacial score (nSPS) is 11.6. The predicted octanol–water partition coefficient (Wildman–Crippen LogP) is 7.85. The molecule has 10 nitrogen and oxygen atoms in total. The van der Waals surface area contributed by atoms with Crippen LogP contribution in [0.25, 0.3) is 0 Å². The van der Waals surface area contributed by atoms with Gasteiger partial charge in [0.1, 0.15) is 0 Å². The molecule has 0 bridgehead atoms. The molecule has 49 heavy (non-hydrogen) atoms. The van der Waals surface area contributed by atoms with Gasteiger partial charge in [-0.3, -0.25) is 0 Å². The van der Waals surface area contributed by atoms with E-state index >= 15 is 0 Å². The van der Waals surface area contributed by atoms with Crippen LogP contribution < -0.4 is 0 Å². The van der Waals surface area contributed by atoms with Gasteiger partial charge >= 0.3 is 0 Å². The Kier molecular flexibility index (Phi) is 48.7. The molecule has 0 saturated carbocycles. The van der Waals surface area contributed by atoms with Gasteiger partial charge in [-0.25, -0.2) is 0 Å². The van der Waals surface area contributed by atoms with Crippen LogP contribution in [0.2, 0.25) is 0 Å². The second-order valence-electron chi connectivity index (χ2n) is 12.1. The Bertz CT molecular complexity index is 519. The maximum absolute atomic E-state index is 5.69. The van der Waals surface area contributed by atoms with E-state index in [0.717, 1.165) is 24.1 Å². The van der Waals surface area contributed by atoms with Crippen molar-refractivity contribution in [3.63, 3.8) is 0 Å². The third kappa shape index (κ3) is 48.3. The Labute approximate surface area is 315 Å². The first-order valence-electron chi connectivity index (χ1n) is 19.7. The minimum Gasteiger partial charge on any atom is -0.379 e. The third-order valence-corrected chi connectivity index (χ3v) is 8.15. The second-order valence-corrected chi connectivity index (χ2v) is 13.2. The van der Waals surface area contributed by atoms with Crippen molar-refractivity contribution in [1.82, 2.24) is 0 Å². The van der Waals surface area contributed by atoms with Crippen LogP contribution in [-0.2, 0) is 47.4 Å². The first-order valence-corrected chi connectivity index (χ1v) is 21.3. The number of halogens is 1. The van der Waals surface area contributed by atoms with Gasteiger partial charge in [0.05, 0.1) is 126 Å². The second kappa shape index (κ2) is 48.3. The number of ether oxygens (including phenoxy) is 10. The van der Waals surface area contributed by atoms with Crippen LogP contribution in [-0.4, -0.2) is 137 Å². The van der Waals surface area contributed by atoms with E-state index in [2.05, 4.69) is 29.5 Å². The van der Waals surface area contributed by atoms with Crippen LogP contribution in [0, 0.1) is 0 Å². The number of hydrogen-bond acceptors (Lipinski definition) is 10. The first kappa shape index (κ1) is 49.3. The molecule has 0 unspecified atom stereocenters. The third-order valence-electron chi connectivity index (χ3n) is 7.71. The van der Waals surface area contributed by atoms with Crippen molar-refractivity contribution in [2.75, 3.05) is 137 Å². The van der Waals surface area contributed by atoms with E-state index in [0.29, 0.717) is 119 Å². The molecule has 0 radical (unpaired) electrons. The summed E-state index contributed by atoms with van der Waals surface area (Å²) < 4.78 is 56.0. The maximum Gasteiger partial charge on any atom is 0.0701 e. The van der Waals surface area contributed by atoms with Gasteiger partial charge in [0.2, 0.25) is 0 Å². The summed E-state index contributed by atoms with van der Waals surface area (Å²) in [6, 6.07) is 0. The molecular formula is C38H77IO10. The highest BCUT2D eigenvalue weighted by Gasteiger charge is 1.98. The average Bonchev–Trinajstić information content (AvgIpc) is 3.11. The van der Waals surface area contributed by atoms with Crippen molar-refractivity contribution >= 4 is 22.6 Å². The van der Waals surface area contributed by atoms with E-state index in [-0.39, 0.29) is 0 Å². The SMILES string of the molecule is CCCCCCCCCCCCCCCCCCOCCOCCOCCOCCOCCOCCOCCOCCOCCOCCI. The van der Waals surface area contributed by atoms with Gasteiger partial charge < -0.3 is 47.4 Å². The van der Waals surface area contributed by atoms with E-state index in [1.54, 1.807) is 0 Å². The minimum absolute atomic E-state index is 0.534. The lowest BCUT2D eigenvalue weighted by Gasteiger charge is -2.09. The molecule has 11 heteroatoms. The molecule has 296 valence electrons. The lowest BCUT2D eigenvalue weighted by molar-refractivity contribution is -0.0262. The van der Waals surface area contributed by atoms with E-state index in [1.807, 2.05) is 0 Å². The summed E-state index contributed by atoms with van der Waals surface area (Å²) in [5.41, 5.74) is 0. The fourth-order valence-electron chi connectivity index (χ4n) is 4.89. The van der Waals surface area contributed by atoms with Gasteiger partial charge in [0.15, 0.2) is 0 Å². The number of unbranched alkanes of at least 4 members (excludes halogenated alkanes) is 15. The molecule has 0 amide bonds. The summed E-state index contributed by atoms with van der Waals surface area (Å²) in [5, 5.41) is 0. The zero-order chi connectivity index (χ0) is 35.2. The molecule has 0 atom stereocenters. The summed E-state index contributed by atoms with van der Waals surface area (Å²) >= 11 is 2.28. The molecule has 0 rings (SSSR count). The van der Waals surface area contributed by atoms with Crippen LogP contribution in [0.15, 0.2) is 0 Å².